The molecule has 0 spiro atoms. The standard InChI is InChI=1S/C14H16FNO2S/c1-10-7-19-13(16-10)6-14(8-17,9-18)11-2-4-12(15)5-3-11/h2-5,7,17-18H,6,8-9H2,1H3. The zero-order valence-electron chi connectivity index (χ0n) is 10.6. The molecule has 1 aromatic carbocycles. The van der Waals surface area contributed by atoms with E-state index < -0.39 is 5.41 Å². The molecule has 2 N–H and O–H groups in total. The maximum Gasteiger partial charge on any atom is 0.123 e. The second-order valence-electron chi connectivity index (χ2n) is 4.66. The van der Waals surface area contributed by atoms with E-state index in [1.807, 2.05) is 12.3 Å². The Hall–Kier alpha value is -1.30. The molecule has 2 rings (SSSR count). The molecule has 0 aliphatic heterocycles. The Morgan fingerprint density at radius 1 is 1.21 bits per heavy atom. The summed E-state index contributed by atoms with van der Waals surface area (Å²) >= 11 is 1.50. The summed E-state index contributed by atoms with van der Waals surface area (Å²) in [5.74, 6) is -0.335. The van der Waals surface area contributed by atoms with Crippen molar-refractivity contribution in [3.63, 3.8) is 0 Å². The molecule has 1 heterocycles. The number of nitrogens with zero attached hydrogens (tertiary/aromatic N) is 1. The van der Waals surface area contributed by atoms with Gasteiger partial charge in [0.15, 0.2) is 0 Å². The van der Waals surface area contributed by atoms with E-state index in [0.29, 0.717) is 12.0 Å². The maximum atomic E-state index is 13.0. The molecule has 0 unspecified atom stereocenters. The fraction of sp³-hybridized carbons (Fsp3) is 0.357. The van der Waals surface area contributed by atoms with Crippen molar-refractivity contribution in [3.8, 4) is 0 Å². The van der Waals surface area contributed by atoms with Crippen LogP contribution in [-0.2, 0) is 11.8 Å². The number of aryl methyl sites for hydroxylation is 1. The highest BCUT2D eigenvalue weighted by atomic mass is 32.1. The Labute approximate surface area is 115 Å². The second-order valence-corrected chi connectivity index (χ2v) is 5.61. The van der Waals surface area contributed by atoms with Crippen molar-refractivity contribution in [3.05, 3.63) is 51.7 Å². The first-order valence-electron chi connectivity index (χ1n) is 5.98. The number of hydrogen-bond donors (Lipinski definition) is 2. The van der Waals surface area contributed by atoms with Crippen LogP contribution in [0.3, 0.4) is 0 Å². The van der Waals surface area contributed by atoms with Crippen LogP contribution in [0.2, 0.25) is 0 Å². The lowest BCUT2D eigenvalue weighted by atomic mass is 9.79. The average molecular weight is 281 g/mol. The van der Waals surface area contributed by atoms with Gasteiger partial charge in [0, 0.05) is 22.9 Å². The molecule has 0 fully saturated rings. The second kappa shape index (κ2) is 5.77. The molecule has 0 bridgehead atoms. The molecule has 19 heavy (non-hydrogen) atoms. The Morgan fingerprint density at radius 2 is 1.84 bits per heavy atom. The summed E-state index contributed by atoms with van der Waals surface area (Å²) in [4.78, 5) is 4.36. The smallest absolute Gasteiger partial charge is 0.123 e. The van der Waals surface area contributed by atoms with Crippen molar-refractivity contribution in [1.82, 2.24) is 4.98 Å². The highest BCUT2D eigenvalue weighted by molar-refractivity contribution is 7.09. The summed E-state index contributed by atoms with van der Waals surface area (Å²) in [5.41, 5.74) is 0.813. The SMILES string of the molecule is Cc1csc(CC(CO)(CO)c2ccc(F)cc2)n1. The summed E-state index contributed by atoms with van der Waals surface area (Å²) in [5, 5.41) is 22.2. The van der Waals surface area contributed by atoms with Gasteiger partial charge in [0.05, 0.1) is 18.2 Å². The summed E-state index contributed by atoms with van der Waals surface area (Å²) in [6.45, 7) is 1.47. The van der Waals surface area contributed by atoms with Gasteiger partial charge in [-0.1, -0.05) is 12.1 Å². The average Bonchev–Trinajstić information content (AvgIpc) is 2.82. The minimum atomic E-state index is -0.821. The Morgan fingerprint density at radius 3 is 2.32 bits per heavy atom. The fourth-order valence-electron chi connectivity index (χ4n) is 2.02. The zero-order chi connectivity index (χ0) is 13.9. The topological polar surface area (TPSA) is 53.4 Å². The van der Waals surface area contributed by atoms with Crippen LogP contribution < -0.4 is 0 Å². The van der Waals surface area contributed by atoms with Crippen molar-refractivity contribution in [2.75, 3.05) is 13.2 Å². The maximum absolute atomic E-state index is 13.0. The number of benzene rings is 1. The van der Waals surface area contributed by atoms with Gasteiger partial charge < -0.3 is 10.2 Å². The minimum Gasteiger partial charge on any atom is -0.395 e. The van der Waals surface area contributed by atoms with E-state index in [4.69, 9.17) is 0 Å². The normalized spacial score (nSPS) is 11.8. The predicted octanol–water partition coefficient (Wildman–Crippen LogP) is 2.06. The molecule has 0 saturated carbocycles. The number of aromatic nitrogens is 1. The van der Waals surface area contributed by atoms with E-state index in [2.05, 4.69) is 4.98 Å². The quantitative estimate of drug-likeness (QED) is 0.882. The van der Waals surface area contributed by atoms with Gasteiger partial charge in [-0.2, -0.15) is 0 Å². The predicted molar refractivity (Wildman–Crippen MR) is 72.8 cm³/mol. The molecule has 3 nitrogen and oxygen atoms in total. The largest absolute Gasteiger partial charge is 0.395 e. The van der Waals surface area contributed by atoms with Crippen LogP contribution in [0.4, 0.5) is 4.39 Å². The molecule has 0 radical (unpaired) electrons. The highest BCUT2D eigenvalue weighted by Crippen LogP contribution is 2.29. The highest BCUT2D eigenvalue weighted by Gasteiger charge is 2.32. The lowest BCUT2D eigenvalue weighted by Crippen LogP contribution is -2.37. The van der Waals surface area contributed by atoms with E-state index in [-0.39, 0.29) is 19.0 Å². The van der Waals surface area contributed by atoms with Gasteiger partial charge >= 0.3 is 0 Å². The van der Waals surface area contributed by atoms with Crippen LogP contribution in [0.1, 0.15) is 16.3 Å². The molecule has 0 atom stereocenters. The van der Waals surface area contributed by atoms with Gasteiger partial charge in [0.2, 0.25) is 0 Å². The Bertz CT molecular complexity index is 535. The summed E-state index contributed by atoms with van der Waals surface area (Å²) in [6, 6.07) is 5.87. The van der Waals surface area contributed by atoms with Crippen molar-refractivity contribution < 1.29 is 14.6 Å². The molecule has 2 aromatic rings. The van der Waals surface area contributed by atoms with Crippen LogP contribution >= 0.6 is 11.3 Å². The Kier molecular flexibility index (Phi) is 4.29. The fourth-order valence-corrected chi connectivity index (χ4v) is 2.94. The number of rotatable bonds is 5. The van der Waals surface area contributed by atoms with E-state index in [0.717, 1.165) is 10.7 Å². The molecule has 0 saturated heterocycles. The van der Waals surface area contributed by atoms with Gasteiger partial charge in [0.25, 0.3) is 0 Å². The first kappa shape index (κ1) is 14.1. The molecule has 0 aliphatic rings. The number of aliphatic hydroxyl groups is 2. The van der Waals surface area contributed by atoms with Crippen molar-refractivity contribution in [1.29, 1.82) is 0 Å². The number of halogens is 1. The van der Waals surface area contributed by atoms with Crippen LogP contribution in [-0.4, -0.2) is 28.4 Å². The van der Waals surface area contributed by atoms with Gasteiger partial charge in [-0.25, -0.2) is 9.37 Å². The van der Waals surface area contributed by atoms with Crippen molar-refractivity contribution >= 4 is 11.3 Å². The monoisotopic (exact) mass is 281 g/mol. The third-order valence-corrected chi connectivity index (χ3v) is 4.18. The number of aliphatic hydroxyl groups excluding tert-OH is 2. The molecular formula is C14H16FNO2S. The molecule has 0 aliphatic carbocycles. The molecule has 102 valence electrons. The third-order valence-electron chi connectivity index (χ3n) is 3.22. The molecule has 0 amide bonds. The zero-order valence-corrected chi connectivity index (χ0v) is 11.5. The van der Waals surface area contributed by atoms with E-state index in [1.54, 1.807) is 12.1 Å². The van der Waals surface area contributed by atoms with Gasteiger partial charge in [-0.05, 0) is 24.6 Å². The van der Waals surface area contributed by atoms with E-state index in [9.17, 15) is 14.6 Å². The number of hydrogen-bond acceptors (Lipinski definition) is 4. The van der Waals surface area contributed by atoms with Crippen molar-refractivity contribution in [2.45, 2.75) is 18.8 Å². The minimum absolute atomic E-state index is 0.215. The van der Waals surface area contributed by atoms with Gasteiger partial charge in [0.1, 0.15) is 5.82 Å². The van der Waals surface area contributed by atoms with Gasteiger partial charge in [-0.15, -0.1) is 11.3 Å². The van der Waals surface area contributed by atoms with Crippen LogP contribution in [0.5, 0.6) is 0 Å². The summed E-state index contributed by atoms with van der Waals surface area (Å²) < 4.78 is 13.0. The van der Waals surface area contributed by atoms with E-state index >= 15 is 0 Å². The molecular weight excluding hydrogens is 265 g/mol. The summed E-state index contributed by atoms with van der Waals surface area (Å²) in [6.07, 6.45) is 0.435. The lowest BCUT2D eigenvalue weighted by Gasteiger charge is -2.29. The lowest BCUT2D eigenvalue weighted by molar-refractivity contribution is 0.116. The van der Waals surface area contributed by atoms with Crippen molar-refractivity contribution in [2.24, 2.45) is 0 Å². The first-order chi connectivity index (χ1) is 9.09. The number of thiazole rings is 1. The van der Waals surface area contributed by atoms with Gasteiger partial charge in [-0.3, -0.25) is 0 Å². The first-order valence-corrected chi connectivity index (χ1v) is 6.86. The van der Waals surface area contributed by atoms with Crippen LogP contribution in [0.15, 0.2) is 29.6 Å². The molecule has 5 heteroatoms. The van der Waals surface area contributed by atoms with Crippen LogP contribution in [0, 0.1) is 12.7 Å². The molecule has 1 aromatic heterocycles. The van der Waals surface area contributed by atoms with Crippen LogP contribution in [0.25, 0.3) is 0 Å². The third kappa shape index (κ3) is 3.00. The summed E-state index contributed by atoms with van der Waals surface area (Å²) in [7, 11) is 0. The van der Waals surface area contributed by atoms with E-state index in [1.165, 1.54) is 23.5 Å². The Balaban J connectivity index is 2.33.